The minimum atomic E-state index is -1.19. The normalized spacial score (nSPS) is 10.3. The first-order valence-electron chi connectivity index (χ1n) is 4.76. The minimum Gasteiger partial charge on any atom is -0.360 e. The van der Waals surface area contributed by atoms with E-state index < -0.39 is 17.5 Å². The molecule has 2 aromatic rings. The fourth-order valence-electron chi connectivity index (χ4n) is 1.29. The highest BCUT2D eigenvalue weighted by molar-refractivity contribution is 6.03. The van der Waals surface area contributed by atoms with Crippen molar-refractivity contribution in [3.05, 3.63) is 47.2 Å². The Kier molecular flexibility index (Phi) is 2.86. The quantitative estimate of drug-likeness (QED) is 0.874. The van der Waals surface area contributed by atoms with Gasteiger partial charge in [0.05, 0.1) is 5.56 Å². The largest absolute Gasteiger partial charge is 0.360 e. The molecule has 0 aliphatic carbocycles. The fraction of sp³-hybridized carbons (Fsp3) is 0.0909. The lowest BCUT2D eigenvalue weighted by Gasteiger charge is -2.02. The van der Waals surface area contributed by atoms with E-state index in [1.807, 2.05) is 0 Å². The number of carbonyl (C=O) groups is 1. The van der Waals surface area contributed by atoms with E-state index in [9.17, 15) is 13.6 Å². The summed E-state index contributed by atoms with van der Waals surface area (Å²) < 4.78 is 30.9. The van der Waals surface area contributed by atoms with Crippen LogP contribution in [0.15, 0.2) is 28.8 Å². The van der Waals surface area contributed by atoms with Gasteiger partial charge in [0.25, 0.3) is 5.91 Å². The van der Waals surface area contributed by atoms with Crippen LogP contribution in [-0.2, 0) is 0 Å². The lowest BCUT2D eigenvalue weighted by molar-refractivity contribution is 0.102. The number of hydrogen-bond donors (Lipinski definition) is 1. The minimum absolute atomic E-state index is 0.149. The number of anilines is 1. The van der Waals surface area contributed by atoms with E-state index >= 15 is 0 Å². The Morgan fingerprint density at radius 1 is 1.41 bits per heavy atom. The van der Waals surface area contributed by atoms with Crippen LogP contribution < -0.4 is 5.32 Å². The lowest BCUT2D eigenvalue weighted by atomic mass is 10.2. The molecule has 1 aromatic carbocycles. The molecular formula is C11H8F2N2O2. The summed E-state index contributed by atoms with van der Waals surface area (Å²) in [4.78, 5) is 11.6. The van der Waals surface area contributed by atoms with Gasteiger partial charge >= 0.3 is 0 Å². The smallest absolute Gasteiger partial charge is 0.259 e. The standard InChI is InChI=1S/C11H8F2N2O2/c1-6-5-9(15-17-6)14-11(16)7-3-2-4-8(12)10(7)13/h2-5H,1H3,(H,14,15,16). The second-order valence-corrected chi connectivity index (χ2v) is 3.38. The fourth-order valence-corrected chi connectivity index (χ4v) is 1.29. The molecule has 0 atom stereocenters. The summed E-state index contributed by atoms with van der Waals surface area (Å²) in [6.07, 6.45) is 0. The molecule has 6 heteroatoms. The topological polar surface area (TPSA) is 55.1 Å². The van der Waals surface area contributed by atoms with Crippen LogP contribution >= 0.6 is 0 Å². The van der Waals surface area contributed by atoms with E-state index in [0.717, 1.165) is 6.07 Å². The van der Waals surface area contributed by atoms with Gasteiger partial charge in [-0.25, -0.2) is 8.78 Å². The summed E-state index contributed by atoms with van der Waals surface area (Å²) in [5, 5.41) is 5.81. The van der Waals surface area contributed by atoms with Crippen molar-refractivity contribution in [1.82, 2.24) is 5.16 Å². The maximum absolute atomic E-state index is 13.3. The summed E-state index contributed by atoms with van der Waals surface area (Å²) >= 11 is 0. The van der Waals surface area contributed by atoms with Crippen LogP contribution in [0.4, 0.5) is 14.6 Å². The molecule has 1 amide bonds. The molecule has 0 bridgehead atoms. The molecule has 0 aliphatic rings. The lowest BCUT2D eigenvalue weighted by Crippen LogP contribution is -2.14. The van der Waals surface area contributed by atoms with Crippen molar-refractivity contribution in [2.45, 2.75) is 6.92 Å². The van der Waals surface area contributed by atoms with Crippen molar-refractivity contribution in [1.29, 1.82) is 0 Å². The van der Waals surface area contributed by atoms with Crippen molar-refractivity contribution in [3.63, 3.8) is 0 Å². The summed E-state index contributed by atoms with van der Waals surface area (Å²) in [7, 11) is 0. The number of halogens is 2. The van der Waals surface area contributed by atoms with Gasteiger partial charge in [-0.2, -0.15) is 0 Å². The van der Waals surface area contributed by atoms with Gasteiger partial charge in [0, 0.05) is 6.07 Å². The molecule has 88 valence electrons. The van der Waals surface area contributed by atoms with Gasteiger partial charge in [-0.05, 0) is 19.1 Å². The second kappa shape index (κ2) is 4.32. The Morgan fingerprint density at radius 2 is 2.18 bits per heavy atom. The van der Waals surface area contributed by atoms with Crippen molar-refractivity contribution in [3.8, 4) is 0 Å². The van der Waals surface area contributed by atoms with Crippen molar-refractivity contribution >= 4 is 11.7 Å². The average molecular weight is 238 g/mol. The Hall–Kier alpha value is -2.24. The van der Waals surface area contributed by atoms with Gasteiger partial charge in [0.2, 0.25) is 0 Å². The molecule has 1 heterocycles. The highest BCUT2D eigenvalue weighted by Crippen LogP contribution is 2.14. The number of hydrogen-bond acceptors (Lipinski definition) is 3. The molecule has 1 N–H and O–H groups in total. The first-order chi connectivity index (χ1) is 8.08. The number of benzene rings is 1. The zero-order valence-corrected chi connectivity index (χ0v) is 8.83. The van der Waals surface area contributed by atoms with E-state index in [0.29, 0.717) is 5.76 Å². The van der Waals surface area contributed by atoms with Gasteiger partial charge in [0.15, 0.2) is 17.5 Å². The van der Waals surface area contributed by atoms with Gasteiger partial charge < -0.3 is 9.84 Å². The van der Waals surface area contributed by atoms with Crippen LogP contribution in [0.25, 0.3) is 0 Å². The third-order valence-corrected chi connectivity index (χ3v) is 2.07. The number of nitrogens with one attached hydrogen (secondary N) is 1. The third kappa shape index (κ3) is 2.30. The molecule has 0 fully saturated rings. The van der Waals surface area contributed by atoms with E-state index in [1.54, 1.807) is 6.92 Å². The first kappa shape index (κ1) is 11.3. The first-order valence-corrected chi connectivity index (χ1v) is 4.76. The summed E-state index contributed by atoms with van der Waals surface area (Å²) in [5.41, 5.74) is -0.384. The number of carbonyl (C=O) groups excluding carboxylic acids is 1. The van der Waals surface area contributed by atoms with Gasteiger partial charge in [-0.1, -0.05) is 11.2 Å². The monoisotopic (exact) mass is 238 g/mol. The van der Waals surface area contributed by atoms with Crippen LogP contribution in [0.2, 0.25) is 0 Å². The third-order valence-electron chi connectivity index (χ3n) is 2.07. The van der Waals surface area contributed by atoms with E-state index in [-0.39, 0.29) is 11.4 Å². The van der Waals surface area contributed by atoms with Gasteiger partial charge in [0.1, 0.15) is 5.76 Å². The summed E-state index contributed by atoms with van der Waals surface area (Å²) in [5.74, 6) is -2.40. The molecule has 0 aliphatic heterocycles. The van der Waals surface area contributed by atoms with Crippen LogP contribution in [0.5, 0.6) is 0 Å². The van der Waals surface area contributed by atoms with Crippen molar-refractivity contribution in [2.75, 3.05) is 5.32 Å². The SMILES string of the molecule is Cc1cc(NC(=O)c2cccc(F)c2F)no1. The molecule has 0 unspecified atom stereocenters. The Morgan fingerprint density at radius 3 is 2.82 bits per heavy atom. The molecule has 0 spiro atoms. The van der Waals surface area contributed by atoms with Crippen LogP contribution in [0, 0.1) is 18.6 Å². The van der Waals surface area contributed by atoms with Crippen LogP contribution in [-0.4, -0.2) is 11.1 Å². The number of aromatic nitrogens is 1. The maximum Gasteiger partial charge on any atom is 0.259 e. The van der Waals surface area contributed by atoms with Crippen LogP contribution in [0.3, 0.4) is 0 Å². The average Bonchev–Trinajstić information content (AvgIpc) is 2.68. The van der Waals surface area contributed by atoms with Crippen molar-refractivity contribution in [2.24, 2.45) is 0 Å². The highest BCUT2D eigenvalue weighted by Gasteiger charge is 2.16. The number of aryl methyl sites for hydroxylation is 1. The maximum atomic E-state index is 13.3. The van der Waals surface area contributed by atoms with Gasteiger partial charge in [-0.15, -0.1) is 0 Å². The molecule has 17 heavy (non-hydrogen) atoms. The zero-order valence-electron chi connectivity index (χ0n) is 8.83. The van der Waals surface area contributed by atoms with E-state index in [4.69, 9.17) is 4.52 Å². The number of amides is 1. The molecule has 1 aromatic heterocycles. The van der Waals surface area contributed by atoms with E-state index in [2.05, 4.69) is 10.5 Å². The van der Waals surface area contributed by atoms with Gasteiger partial charge in [-0.3, -0.25) is 4.79 Å². The summed E-state index contributed by atoms with van der Waals surface area (Å²) in [6.45, 7) is 1.64. The summed E-state index contributed by atoms with van der Waals surface area (Å²) in [6, 6.07) is 4.84. The molecule has 0 saturated heterocycles. The predicted molar refractivity (Wildman–Crippen MR) is 55.6 cm³/mol. The predicted octanol–water partition coefficient (Wildman–Crippen LogP) is 2.51. The molecular weight excluding hydrogens is 230 g/mol. The molecule has 0 saturated carbocycles. The number of rotatable bonds is 2. The molecule has 0 radical (unpaired) electrons. The highest BCUT2D eigenvalue weighted by atomic mass is 19.2. The molecule has 4 nitrogen and oxygen atoms in total. The second-order valence-electron chi connectivity index (χ2n) is 3.38. The van der Waals surface area contributed by atoms with E-state index in [1.165, 1.54) is 18.2 Å². The Labute approximate surface area is 95.2 Å². The van der Waals surface area contributed by atoms with Crippen LogP contribution in [0.1, 0.15) is 16.1 Å². The Bertz CT molecular complexity index is 566. The number of nitrogens with zero attached hydrogens (tertiary/aromatic N) is 1. The Balaban J connectivity index is 2.23. The van der Waals surface area contributed by atoms with Crippen molar-refractivity contribution < 1.29 is 18.1 Å². The molecule has 2 rings (SSSR count). The zero-order chi connectivity index (χ0) is 12.4.